The second-order valence-corrected chi connectivity index (χ2v) is 8.01. The van der Waals surface area contributed by atoms with Gasteiger partial charge in [-0.2, -0.15) is 4.31 Å². The Morgan fingerprint density at radius 3 is 2.58 bits per heavy atom. The van der Waals surface area contributed by atoms with Crippen molar-refractivity contribution in [3.8, 4) is 0 Å². The highest BCUT2D eigenvalue weighted by molar-refractivity contribution is 7.89. The Labute approximate surface area is 151 Å². The molecule has 0 saturated carbocycles. The van der Waals surface area contributed by atoms with Gasteiger partial charge in [0.1, 0.15) is 11.4 Å². The van der Waals surface area contributed by atoms with Gasteiger partial charge in [-0.3, -0.25) is 10.1 Å². The quantitative estimate of drug-likeness (QED) is 0.600. The summed E-state index contributed by atoms with van der Waals surface area (Å²) in [5.41, 5.74) is -0.0458. The van der Waals surface area contributed by atoms with E-state index in [4.69, 9.17) is 4.42 Å². The van der Waals surface area contributed by atoms with Gasteiger partial charge in [0.2, 0.25) is 10.0 Å². The molecule has 2 aromatic rings. The summed E-state index contributed by atoms with van der Waals surface area (Å²) in [6.45, 7) is 2.25. The molecular formula is C16H20N4O5S. The van der Waals surface area contributed by atoms with Crippen molar-refractivity contribution in [3.05, 3.63) is 52.5 Å². The van der Waals surface area contributed by atoms with Gasteiger partial charge in [0, 0.05) is 32.2 Å². The summed E-state index contributed by atoms with van der Waals surface area (Å²) in [6.07, 6.45) is 1.51. The van der Waals surface area contributed by atoms with E-state index in [2.05, 4.69) is 5.32 Å². The van der Waals surface area contributed by atoms with Gasteiger partial charge in [-0.15, -0.1) is 0 Å². The number of benzene rings is 1. The van der Waals surface area contributed by atoms with E-state index in [9.17, 15) is 18.5 Å². The van der Waals surface area contributed by atoms with Crippen LogP contribution in [0.1, 0.15) is 5.76 Å². The van der Waals surface area contributed by atoms with Gasteiger partial charge in [-0.25, -0.2) is 8.42 Å². The van der Waals surface area contributed by atoms with Crippen molar-refractivity contribution < 1.29 is 17.8 Å². The standard InChI is InChI=1S/C16H20N4O5S/c1-18-6-8-19(9-7-18)26(23,24)14-4-5-15(16(11-14)20(21)22)17-12-13-3-2-10-25-13/h2-5,10-11,17H,6-9,12H2,1H3. The largest absolute Gasteiger partial charge is 0.467 e. The van der Waals surface area contributed by atoms with Crippen molar-refractivity contribution >= 4 is 21.4 Å². The molecule has 9 nitrogen and oxygen atoms in total. The van der Waals surface area contributed by atoms with Crippen LogP contribution in [0.4, 0.5) is 11.4 Å². The average molecular weight is 380 g/mol. The lowest BCUT2D eigenvalue weighted by molar-refractivity contribution is -0.384. The Morgan fingerprint density at radius 2 is 1.96 bits per heavy atom. The Hall–Kier alpha value is -2.43. The zero-order valence-corrected chi connectivity index (χ0v) is 15.1. The minimum atomic E-state index is -3.76. The van der Waals surface area contributed by atoms with Gasteiger partial charge in [-0.1, -0.05) is 0 Å². The van der Waals surface area contributed by atoms with E-state index in [1.807, 2.05) is 11.9 Å². The molecule has 1 fully saturated rings. The summed E-state index contributed by atoms with van der Waals surface area (Å²) in [5, 5.41) is 14.3. The van der Waals surface area contributed by atoms with Gasteiger partial charge in [0.15, 0.2) is 0 Å². The van der Waals surface area contributed by atoms with Crippen LogP contribution < -0.4 is 5.32 Å². The topological polar surface area (TPSA) is 109 Å². The maximum absolute atomic E-state index is 12.8. The Balaban J connectivity index is 1.84. The number of rotatable bonds is 6. The number of nitro benzene ring substituents is 1. The van der Waals surface area contributed by atoms with Gasteiger partial charge in [0.05, 0.1) is 22.6 Å². The van der Waals surface area contributed by atoms with E-state index in [1.165, 1.54) is 22.7 Å². The lowest BCUT2D eigenvalue weighted by Crippen LogP contribution is -2.47. The van der Waals surface area contributed by atoms with Crippen LogP contribution in [0.2, 0.25) is 0 Å². The predicted molar refractivity (Wildman–Crippen MR) is 95.4 cm³/mol. The number of nitrogens with zero attached hydrogens (tertiary/aromatic N) is 3. The van der Waals surface area contributed by atoms with Crippen LogP contribution in [0.3, 0.4) is 0 Å². The Morgan fingerprint density at radius 1 is 1.23 bits per heavy atom. The highest BCUT2D eigenvalue weighted by atomic mass is 32.2. The molecule has 0 atom stereocenters. The van der Waals surface area contributed by atoms with Crippen LogP contribution in [-0.4, -0.2) is 55.8 Å². The molecule has 1 aliphatic rings. The number of hydrogen-bond donors (Lipinski definition) is 1. The van der Waals surface area contributed by atoms with Crippen LogP contribution >= 0.6 is 0 Å². The lowest BCUT2D eigenvalue weighted by Gasteiger charge is -2.31. The third-order valence-corrected chi connectivity index (χ3v) is 6.19. The molecule has 1 aliphatic heterocycles. The molecule has 1 aromatic carbocycles. The molecule has 2 heterocycles. The van der Waals surface area contributed by atoms with Gasteiger partial charge in [0.25, 0.3) is 5.69 Å². The minimum absolute atomic E-state index is 0.0719. The molecule has 140 valence electrons. The fraction of sp³-hybridized carbons (Fsp3) is 0.375. The summed E-state index contributed by atoms with van der Waals surface area (Å²) in [4.78, 5) is 12.8. The molecule has 0 unspecified atom stereocenters. The van der Waals surface area contributed by atoms with E-state index >= 15 is 0 Å². The van der Waals surface area contributed by atoms with E-state index in [-0.39, 0.29) is 22.8 Å². The summed E-state index contributed by atoms with van der Waals surface area (Å²) >= 11 is 0. The van der Waals surface area contributed by atoms with E-state index < -0.39 is 14.9 Å². The SMILES string of the molecule is CN1CCN(S(=O)(=O)c2ccc(NCc3ccco3)c([N+](=O)[O-])c2)CC1. The first-order valence-corrected chi connectivity index (χ1v) is 9.55. The summed E-state index contributed by atoms with van der Waals surface area (Å²) in [7, 11) is -1.84. The molecule has 0 amide bonds. The maximum atomic E-state index is 12.8. The zero-order chi connectivity index (χ0) is 18.7. The van der Waals surface area contributed by atoms with Gasteiger partial charge in [-0.05, 0) is 31.3 Å². The zero-order valence-electron chi connectivity index (χ0n) is 14.3. The maximum Gasteiger partial charge on any atom is 0.293 e. The smallest absolute Gasteiger partial charge is 0.293 e. The van der Waals surface area contributed by atoms with Crippen molar-refractivity contribution in [2.75, 3.05) is 38.5 Å². The summed E-state index contributed by atoms with van der Waals surface area (Å²) < 4.78 is 32.1. The fourth-order valence-electron chi connectivity index (χ4n) is 2.75. The predicted octanol–water partition coefficient (Wildman–Crippen LogP) is 1.74. The van der Waals surface area contributed by atoms with Crippen molar-refractivity contribution in [1.29, 1.82) is 0 Å². The van der Waals surface area contributed by atoms with Crippen molar-refractivity contribution in [3.63, 3.8) is 0 Å². The average Bonchev–Trinajstić information content (AvgIpc) is 3.13. The first kappa shape index (κ1) is 18.4. The minimum Gasteiger partial charge on any atom is -0.467 e. The molecule has 0 spiro atoms. The molecule has 10 heteroatoms. The third kappa shape index (κ3) is 3.87. The number of hydrogen-bond acceptors (Lipinski definition) is 7. The van der Waals surface area contributed by atoms with Crippen LogP contribution in [-0.2, 0) is 16.6 Å². The summed E-state index contributed by atoms with van der Waals surface area (Å²) in [6, 6.07) is 7.38. The molecule has 1 aromatic heterocycles. The number of anilines is 1. The number of nitrogens with one attached hydrogen (secondary N) is 1. The van der Waals surface area contributed by atoms with Crippen LogP contribution in [0, 0.1) is 10.1 Å². The van der Waals surface area contributed by atoms with Crippen molar-refractivity contribution in [1.82, 2.24) is 9.21 Å². The third-order valence-electron chi connectivity index (χ3n) is 4.30. The molecule has 0 bridgehead atoms. The molecular weight excluding hydrogens is 360 g/mol. The number of sulfonamides is 1. The van der Waals surface area contributed by atoms with E-state index in [0.29, 0.717) is 31.9 Å². The Bertz CT molecular complexity index is 874. The van der Waals surface area contributed by atoms with Gasteiger partial charge >= 0.3 is 0 Å². The first-order valence-electron chi connectivity index (χ1n) is 8.11. The van der Waals surface area contributed by atoms with Crippen LogP contribution in [0.25, 0.3) is 0 Å². The van der Waals surface area contributed by atoms with Crippen molar-refractivity contribution in [2.24, 2.45) is 0 Å². The molecule has 1 N–H and O–H groups in total. The van der Waals surface area contributed by atoms with Crippen LogP contribution in [0.15, 0.2) is 45.9 Å². The second-order valence-electron chi connectivity index (χ2n) is 6.08. The highest BCUT2D eigenvalue weighted by Gasteiger charge is 2.29. The number of likely N-dealkylation sites (N-methyl/N-ethyl adjacent to an activating group) is 1. The summed E-state index contributed by atoms with van der Waals surface area (Å²) in [5.74, 6) is 0.619. The molecule has 3 rings (SSSR count). The monoisotopic (exact) mass is 380 g/mol. The highest BCUT2D eigenvalue weighted by Crippen LogP contribution is 2.29. The molecule has 0 radical (unpaired) electrons. The normalized spacial score (nSPS) is 16.5. The molecule has 1 saturated heterocycles. The van der Waals surface area contributed by atoms with Gasteiger partial charge < -0.3 is 14.6 Å². The fourth-order valence-corrected chi connectivity index (χ4v) is 4.19. The molecule has 26 heavy (non-hydrogen) atoms. The van der Waals surface area contributed by atoms with E-state index in [0.717, 1.165) is 6.07 Å². The van der Waals surface area contributed by atoms with E-state index in [1.54, 1.807) is 12.1 Å². The lowest BCUT2D eigenvalue weighted by atomic mass is 10.2. The number of nitro groups is 1. The number of furan rings is 1. The van der Waals surface area contributed by atoms with Crippen LogP contribution in [0.5, 0.6) is 0 Å². The molecule has 0 aliphatic carbocycles. The second kappa shape index (κ2) is 7.44. The Kier molecular flexibility index (Phi) is 5.25. The number of piperazine rings is 1. The van der Waals surface area contributed by atoms with Crippen molar-refractivity contribution in [2.45, 2.75) is 11.4 Å². The first-order chi connectivity index (χ1) is 12.4.